The molecule has 0 radical (unpaired) electrons. The molecular formula is C14H12ClN3O3S. The third-order valence-electron chi connectivity index (χ3n) is 3.60. The summed E-state index contributed by atoms with van der Waals surface area (Å²) in [5.41, 5.74) is 6.37. The highest BCUT2D eigenvalue weighted by atomic mass is 35.5. The highest BCUT2D eigenvalue weighted by Crippen LogP contribution is 2.34. The van der Waals surface area contributed by atoms with Crippen LogP contribution in [0.4, 0.5) is 0 Å². The zero-order valence-corrected chi connectivity index (χ0v) is 12.8. The summed E-state index contributed by atoms with van der Waals surface area (Å²) in [6, 6.07) is 11.0. The number of halogens is 1. The van der Waals surface area contributed by atoms with Crippen molar-refractivity contribution in [3.8, 4) is 0 Å². The van der Waals surface area contributed by atoms with Crippen LogP contribution in [0.15, 0.2) is 47.4 Å². The Bertz CT molecular complexity index is 898. The van der Waals surface area contributed by atoms with Crippen LogP contribution in [0.3, 0.4) is 0 Å². The summed E-state index contributed by atoms with van der Waals surface area (Å²) >= 11 is 5.87. The predicted molar refractivity (Wildman–Crippen MR) is 81.7 cm³/mol. The van der Waals surface area contributed by atoms with E-state index in [2.05, 4.69) is 5.32 Å². The largest absolute Gasteiger partial charge is 0.326 e. The number of hydrogen-bond acceptors (Lipinski definition) is 4. The molecule has 0 aromatic heterocycles. The number of hydrogen-bond donors (Lipinski definition) is 3. The van der Waals surface area contributed by atoms with Gasteiger partial charge >= 0.3 is 0 Å². The Labute approximate surface area is 132 Å². The number of rotatable bonds is 2. The number of carbonyl (C=O) groups excluding carboxylic acids is 1. The topological polar surface area (TPSA) is 115 Å². The Morgan fingerprint density at radius 1 is 1.14 bits per heavy atom. The number of fused-ring (bicyclic) bond motifs is 1. The zero-order chi connectivity index (χ0) is 16.1. The fourth-order valence-electron chi connectivity index (χ4n) is 2.53. The van der Waals surface area contributed by atoms with Gasteiger partial charge in [-0.1, -0.05) is 35.9 Å². The molecule has 5 N–H and O–H groups in total. The second-order valence-electron chi connectivity index (χ2n) is 5.00. The van der Waals surface area contributed by atoms with E-state index in [0.717, 1.165) is 0 Å². The molecule has 1 atom stereocenters. The first-order valence-corrected chi connectivity index (χ1v) is 8.19. The molecule has 114 valence electrons. The molecule has 0 spiro atoms. The Balaban J connectivity index is 2.23. The summed E-state index contributed by atoms with van der Waals surface area (Å²) < 4.78 is 23.2. The van der Waals surface area contributed by atoms with Crippen molar-refractivity contribution in [3.05, 3.63) is 64.2 Å². The lowest BCUT2D eigenvalue weighted by molar-refractivity contribution is 0.0942. The van der Waals surface area contributed by atoms with Crippen molar-refractivity contribution in [3.63, 3.8) is 0 Å². The Morgan fingerprint density at radius 3 is 2.50 bits per heavy atom. The highest BCUT2D eigenvalue weighted by Gasteiger charge is 2.41. The maximum Gasteiger partial charge on any atom is 0.253 e. The lowest BCUT2D eigenvalue weighted by Crippen LogP contribution is -2.48. The fraction of sp³-hybridized carbons (Fsp3) is 0.0714. The zero-order valence-electron chi connectivity index (χ0n) is 11.2. The average molecular weight is 338 g/mol. The smallest absolute Gasteiger partial charge is 0.253 e. The molecule has 0 saturated carbocycles. The van der Waals surface area contributed by atoms with E-state index in [1.54, 1.807) is 30.3 Å². The Hall–Kier alpha value is -1.93. The summed E-state index contributed by atoms with van der Waals surface area (Å²) in [5.74, 6) is -0.329. The van der Waals surface area contributed by atoms with Crippen LogP contribution in [0.25, 0.3) is 0 Å². The maximum atomic E-state index is 12.0. The second-order valence-corrected chi connectivity index (χ2v) is 6.93. The molecule has 0 aliphatic carbocycles. The van der Waals surface area contributed by atoms with Crippen LogP contribution < -0.4 is 16.2 Å². The SMILES string of the molecule is NC1(c2ccc(Cl)c(S(N)(=O)=O)c2)NC(=O)c2ccccc21. The molecule has 1 heterocycles. The molecule has 22 heavy (non-hydrogen) atoms. The minimum atomic E-state index is -4.00. The molecule has 1 amide bonds. The predicted octanol–water partition coefficient (Wildman–Crippen LogP) is 0.891. The van der Waals surface area contributed by atoms with Crippen LogP contribution in [-0.4, -0.2) is 14.3 Å². The van der Waals surface area contributed by atoms with Crippen molar-refractivity contribution in [2.75, 3.05) is 0 Å². The molecule has 0 saturated heterocycles. The van der Waals surface area contributed by atoms with E-state index in [0.29, 0.717) is 16.7 Å². The minimum absolute atomic E-state index is 0.00698. The molecule has 2 aromatic rings. The number of carbonyl (C=O) groups is 1. The first kappa shape index (κ1) is 15.0. The van der Waals surface area contributed by atoms with E-state index < -0.39 is 15.7 Å². The highest BCUT2D eigenvalue weighted by molar-refractivity contribution is 7.89. The van der Waals surface area contributed by atoms with Gasteiger partial charge in [0.25, 0.3) is 5.91 Å². The molecule has 2 aromatic carbocycles. The van der Waals surface area contributed by atoms with E-state index in [4.69, 9.17) is 22.5 Å². The minimum Gasteiger partial charge on any atom is -0.326 e. The first-order valence-electron chi connectivity index (χ1n) is 6.27. The number of primary sulfonamides is 1. The van der Waals surface area contributed by atoms with Crippen molar-refractivity contribution < 1.29 is 13.2 Å². The third-order valence-corrected chi connectivity index (χ3v) is 4.99. The van der Waals surface area contributed by atoms with Crippen molar-refractivity contribution in [1.29, 1.82) is 0 Å². The van der Waals surface area contributed by atoms with Crippen LogP contribution in [0.1, 0.15) is 21.5 Å². The van der Waals surface area contributed by atoms with Crippen LogP contribution in [-0.2, 0) is 15.7 Å². The number of nitrogens with one attached hydrogen (secondary N) is 1. The van der Waals surface area contributed by atoms with Gasteiger partial charge in [-0.3, -0.25) is 4.79 Å². The first-order chi connectivity index (χ1) is 10.2. The van der Waals surface area contributed by atoms with Gasteiger partial charge < -0.3 is 11.1 Å². The number of benzene rings is 2. The van der Waals surface area contributed by atoms with Crippen molar-refractivity contribution >= 4 is 27.5 Å². The van der Waals surface area contributed by atoms with Crippen LogP contribution in [0, 0.1) is 0 Å². The van der Waals surface area contributed by atoms with Gasteiger partial charge in [-0.05, 0) is 23.8 Å². The van der Waals surface area contributed by atoms with Gasteiger partial charge in [0.1, 0.15) is 10.6 Å². The Morgan fingerprint density at radius 2 is 1.82 bits per heavy atom. The number of sulfonamides is 1. The van der Waals surface area contributed by atoms with Crippen molar-refractivity contribution in [1.82, 2.24) is 5.32 Å². The molecule has 0 fully saturated rings. The Kier molecular flexibility index (Phi) is 3.26. The van der Waals surface area contributed by atoms with E-state index in [9.17, 15) is 13.2 Å². The average Bonchev–Trinajstić information content (AvgIpc) is 2.71. The lowest BCUT2D eigenvalue weighted by atomic mass is 9.92. The van der Waals surface area contributed by atoms with Gasteiger partial charge in [0, 0.05) is 11.1 Å². The molecule has 6 nitrogen and oxygen atoms in total. The van der Waals surface area contributed by atoms with Gasteiger partial charge in [-0.25, -0.2) is 13.6 Å². The molecule has 1 aliphatic rings. The van der Waals surface area contributed by atoms with Crippen molar-refractivity contribution in [2.45, 2.75) is 10.6 Å². The lowest BCUT2D eigenvalue weighted by Gasteiger charge is -2.26. The monoisotopic (exact) mass is 337 g/mol. The molecule has 3 rings (SSSR count). The van der Waals surface area contributed by atoms with Gasteiger partial charge in [0.05, 0.1) is 5.02 Å². The van der Waals surface area contributed by atoms with Gasteiger partial charge in [-0.2, -0.15) is 0 Å². The van der Waals surface area contributed by atoms with Crippen LogP contribution in [0.2, 0.25) is 5.02 Å². The molecule has 1 aliphatic heterocycles. The third kappa shape index (κ3) is 2.19. The molecule has 1 unspecified atom stereocenters. The van der Waals surface area contributed by atoms with E-state index >= 15 is 0 Å². The normalized spacial score (nSPS) is 20.6. The van der Waals surface area contributed by atoms with E-state index in [1.807, 2.05) is 0 Å². The molecular weight excluding hydrogens is 326 g/mol. The van der Waals surface area contributed by atoms with Crippen molar-refractivity contribution in [2.24, 2.45) is 10.9 Å². The fourth-order valence-corrected chi connectivity index (χ4v) is 3.60. The summed E-state index contributed by atoms with van der Waals surface area (Å²) in [4.78, 5) is 11.8. The van der Waals surface area contributed by atoms with Crippen LogP contribution in [0.5, 0.6) is 0 Å². The molecule has 8 heteroatoms. The maximum absolute atomic E-state index is 12.0. The van der Waals surface area contributed by atoms with Crippen LogP contribution >= 0.6 is 11.6 Å². The standard InChI is InChI=1S/C14H12ClN3O3S/c15-11-6-5-8(7-12(11)22(17,20)21)14(16)10-4-2-1-3-9(10)13(19)18-14/h1-7H,16H2,(H,18,19)(H2,17,20,21). The van der Waals surface area contributed by atoms with E-state index in [1.165, 1.54) is 12.1 Å². The summed E-state index contributed by atoms with van der Waals surface area (Å²) in [6.45, 7) is 0. The summed E-state index contributed by atoms with van der Waals surface area (Å²) in [7, 11) is -4.00. The number of nitrogens with two attached hydrogens (primary N) is 2. The molecule has 0 bridgehead atoms. The summed E-state index contributed by atoms with van der Waals surface area (Å²) in [6.07, 6.45) is 0. The van der Waals surface area contributed by atoms with E-state index in [-0.39, 0.29) is 15.8 Å². The number of amides is 1. The van der Waals surface area contributed by atoms with Gasteiger partial charge in [0.15, 0.2) is 0 Å². The summed E-state index contributed by atoms with van der Waals surface area (Å²) in [5, 5.41) is 7.81. The van der Waals surface area contributed by atoms with Gasteiger partial charge in [-0.15, -0.1) is 0 Å². The second kappa shape index (κ2) is 4.79. The quantitative estimate of drug-likeness (QED) is 0.754. The van der Waals surface area contributed by atoms with Gasteiger partial charge in [0.2, 0.25) is 10.0 Å².